The molecule has 1 aromatic carbocycles. The number of carbonyl (C=O) groups excluding carboxylic acids is 1. The second-order valence-electron chi connectivity index (χ2n) is 7.82. The largest absolute Gasteiger partial charge is 0.469 e. The van der Waals surface area contributed by atoms with Gasteiger partial charge in [-0.2, -0.15) is 15.1 Å². The van der Waals surface area contributed by atoms with E-state index in [9.17, 15) is 13.6 Å². The summed E-state index contributed by atoms with van der Waals surface area (Å²) in [6.45, 7) is 4.90. The van der Waals surface area contributed by atoms with E-state index < -0.39 is 11.8 Å². The van der Waals surface area contributed by atoms with E-state index in [4.69, 9.17) is 16.3 Å². The molecular weight excluding hydrogens is 416 g/mol. The molecule has 1 saturated heterocycles. The Balaban J connectivity index is 1.68. The molecule has 0 bridgehead atoms. The smallest absolute Gasteiger partial charge is 0.311 e. The highest BCUT2D eigenvalue weighted by Crippen LogP contribution is 2.39. The molecule has 0 spiro atoms. The van der Waals surface area contributed by atoms with Crippen LogP contribution in [0.4, 0.5) is 14.6 Å². The van der Waals surface area contributed by atoms with Crippen molar-refractivity contribution >= 4 is 34.4 Å². The topological polar surface area (TPSA) is 73.1 Å². The first kappa shape index (κ1) is 20.5. The number of hydrogen-bond donors (Lipinski definition) is 0. The number of benzene rings is 1. The number of anilines is 1. The van der Waals surface area contributed by atoms with E-state index in [0.29, 0.717) is 35.6 Å². The monoisotopic (exact) mass is 435 g/mol. The standard InChI is InChI=1S/C20H20ClF2N5O2/c1-20(2,18(29)30-3)12-9-27(10-12)16-14-8-24-28(17(14)26-19(21)25-16)13-6-4-5-11(7-13)15(22)23/h4-8,12,15H,9-10H2,1-3H3. The van der Waals surface area contributed by atoms with Crippen molar-refractivity contribution in [2.45, 2.75) is 20.3 Å². The molecule has 1 aliphatic rings. The zero-order valence-electron chi connectivity index (χ0n) is 16.6. The fourth-order valence-electron chi connectivity index (χ4n) is 3.63. The van der Waals surface area contributed by atoms with E-state index >= 15 is 0 Å². The molecule has 3 heterocycles. The first-order valence-electron chi connectivity index (χ1n) is 9.35. The number of ether oxygens (including phenoxy) is 1. The van der Waals surface area contributed by atoms with Gasteiger partial charge in [-0.25, -0.2) is 13.5 Å². The van der Waals surface area contributed by atoms with Crippen molar-refractivity contribution in [3.63, 3.8) is 0 Å². The summed E-state index contributed by atoms with van der Waals surface area (Å²) in [5.41, 5.74) is 0.150. The maximum Gasteiger partial charge on any atom is 0.311 e. The first-order valence-corrected chi connectivity index (χ1v) is 9.73. The molecule has 0 saturated carbocycles. The quantitative estimate of drug-likeness (QED) is 0.445. The molecule has 2 aromatic heterocycles. The Morgan fingerprint density at radius 2 is 2.03 bits per heavy atom. The Kier molecular flexibility index (Phi) is 5.09. The minimum atomic E-state index is -2.59. The van der Waals surface area contributed by atoms with Gasteiger partial charge in [-0.3, -0.25) is 4.79 Å². The molecule has 3 aromatic rings. The first-order chi connectivity index (χ1) is 14.2. The van der Waals surface area contributed by atoms with Crippen LogP contribution in [0.2, 0.25) is 5.28 Å². The van der Waals surface area contributed by atoms with E-state index in [1.165, 1.54) is 23.9 Å². The Bertz CT molecular complexity index is 1110. The number of esters is 1. The van der Waals surface area contributed by atoms with Crippen LogP contribution >= 0.6 is 11.6 Å². The molecule has 0 unspecified atom stereocenters. The lowest BCUT2D eigenvalue weighted by Crippen LogP contribution is -2.55. The number of methoxy groups -OCH3 is 1. The maximum absolute atomic E-state index is 13.1. The molecule has 4 rings (SSSR count). The number of alkyl halides is 2. The predicted octanol–water partition coefficient (Wildman–Crippen LogP) is 4.04. The van der Waals surface area contributed by atoms with Crippen molar-refractivity contribution in [3.05, 3.63) is 41.3 Å². The lowest BCUT2D eigenvalue weighted by atomic mass is 9.74. The van der Waals surface area contributed by atoms with Crippen LogP contribution in [0.5, 0.6) is 0 Å². The van der Waals surface area contributed by atoms with Gasteiger partial charge in [0.05, 0.1) is 29.8 Å². The Labute approximate surface area is 176 Å². The third kappa shape index (κ3) is 3.36. The van der Waals surface area contributed by atoms with Gasteiger partial charge in [0.1, 0.15) is 5.82 Å². The van der Waals surface area contributed by atoms with Gasteiger partial charge in [0, 0.05) is 24.6 Å². The number of fused-ring (bicyclic) bond motifs is 1. The molecule has 0 atom stereocenters. The lowest BCUT2D eigenvalue weighted by Gasteiger charge is -2.46. The van der Waals surface area contributed by atoms with Gasteiger partial charge in [0.15, 0.2) is 5.65 Å². The van der Waals surface area contributed by atoms with Gasteiger partial charge in [0.2, 0.25) is 5.28 Å². The van der Waals surface area contributed by atoms with Crippen molar-refractivity contribution < 1.29 is 18.3 Å². The summed E-state index contributed by atoms with van der Waals surface area (Å²) in [6.07, 6.45) is -0.994. The third-order valence-corrected chi connectivity index (χ3v) is 5.83. The number of hydrogen-bond acceptors (Lipinski definition) is 6. The fraction of sp³-hybridized carbons (Fsp3) is 0.400. The van der Waals surface area contributed by atoms with Crippen LogP contribution in [0, 0.1) is 11.3 Å². The number of aromatic nitrogens is 4. The predicted molar refractivity (Wildman–Crippen MR) is 108 cm³/mol. The van der Waals surface area contributed by atoms with Crippen LogP contribution in [0.25, 0.3) is 16.7 Å². The van der Waals surface area contributed by atoms with E-state index in [-0.39, 0.29) is 22.7 Å². The van der Waals surface area contributed by atoms with Gasteiger partial charge < -0.3 is 9.64 Å². The highest BCUT2D eigenvalue weighted by Gasteiger charge is 2.45. The van der Waals surface area contributed by atoms with E-state index in [1.807, 2.05) is 18.7 Å². The Hall–Kier alpha value is -2.81. The minimum Gasteiger partial charge on any atom is -0.469 e. The molecule has 158 valence electrons. The van der Waals surface area contributed by atoms with Gasteiger partial charge in [-0.15, -0.1) is 0 Å². The zero-order valence-corrected chi connectivity index (χ0v) is 17.4. The van der Waals surface area contributed by atoms with Gasteiger partial charge >= 0.3 is 5.97 Å². The average Bonchev–Trinajstić information content (AvgIpc) is 3.09. The van der Waals surface area contributed by atoms with Crippen molar-refractivity contribution in [1.82, 2.24) is 19.7 Å². The number of rotatable bonds is 5. The van der Waals surface area contributed by atoms with Crippen LogP contribution in [-0.2, 0) is 9.53 Å². The molecule has 0 radical (unpaired) electrons. The second kappa shape index (κ2) is 7.46. The van der Waals surface area contributed by atoms with Crippen molar-refractivity contribution in [1.29, 1.82) is 0 Å². The summed E-state index contributed by atoms with van der Waals surface area (Å²) in [4.78, 5) is 22.7. The van der Waals surface area contributed by atoms with Crippen LogP contribution in [-0.4, -0.2) is 45.9 Å². The highest BCUT2D eigenvalue weighted by molar-refractivity contribution is 6.28. The summed E-state index contributed by atoms with van der Waals surface area (Å²) < 4.78 is 32.6. The third-order valence-electron chi connectivity index (χ3n) is 5.66. The minimum absolute atomic E-state index is 0.0277. The fourth-order valence-corrected chi connectivity index (χ4v) is 3.79. The summed E-state index contributed by atoms with van der Waals surface area (Å²) >= 11 is 6.16. The van der Waals surface area contributed by atoms with E-state index in [2.05, 4.69) is 15.1 Å². The summed E-state index contributed by atoms with van der Waals surface area (Å²) in [5.74, 6) is 0.425. The molecule has 1 fully saturated rings. The van der Waals surface area contributed by atoms with E-state index in [0.717, 1.165) is 0 Å². The van der Waals surface area contributed by atoms with Crippen molar-refractivity contribution in [2.75, 3.05) is 25.1 Å². The van der Waals surface area contributed by atoms with E-state index in [1.54, 1.807) is 18.3 Å². The van der Waals surface area contributed by atoms with Crippen molar-refractivity contribution in [3.8, 4) is 5.69 Å². The Morgan fingerprint density at radius 3 is 2.70 bits per heavy atom. The molecule has 0 aliphatic carbocycles. The molecule has 10 heteroatoms. The molecule has 7 nitrogen and oxygen atoms in total. The van der Waals surface area contributed by atoms with Gasteiger partial charge in [-0.1, -0.05) is 12.1 Å². The summed E-state index contributed by atoms with van der Waals surface area (Å²) in [5, 5.41) is 5.00. The maximum atomic E-state index is 13.1. The van der Waals surface area contributed by atoms with Crippen molar-refractivity contribution in [2.24, 2.45) is 11.3 Å². The van der Waals surface area contributed by atoms with Crippen LogP contribution in [0.1, 0.15) is 25.8 Å². The number of halogens is 3. The molecular formula is C20H20ClF2N5O2. The summed E-state index contributed by atoms with van der Waals surface area (Å²) in [7, 11) is 1.38. The SMILES string of the molecule is COC(=O)C(C)(C)C1CN(c2nc(Cl)nc3c2cnn3-c2cccc(C(F)F)c2)C1. The Morgan fingerprint density at radius 1 is 1.30 bits per heavy atom. The normalized spacial score (nSPS) is 15.0. The second-order valence-corrected chi connectivity index (χ2v) is 8.16. The van der Waals surface area contributed by atoms with Crippen LogP contribution in [0.15, 0.2) is 30.5 Å². The van der Waals surface area contributed by atoms with Crippen LogP contribution < -0.4 is 4.90 Å². The van der Waals surface area contributed by atoms with Crippen LogP contribution in [0.3, 0.4) is 0 Å². The average molecular weight is 436 g/mol. The molecule has 1 aliphatic heterocycles. The molecule has 30 heavy (non-hydrogen) atoms. The zero-order chi connectivity index (χ0) is 21.6. The number of nitrogens with zero attached hydrogens (tertiary/aromatic N) is 5. The molecule has 0 N–H and O–H groups in total. The lowest BCUT2D eigenvalue weighted by molar-refractivity contribution is -0.154. The number of carbonyl (C=O) groups is 1. The molecule has 0 amide bonds. The van der Waals surface area contributed by atoms with Gasteiger partial charge in [-0.05, 0) is 37.6 Å². The highest BCUT2D eigenvalue weighted by atomic mass is 35.5. The summed E-state index contributed by atoms with van der Waals surface area (Å²) in [6, 6.07) is 5.94. The van der Waals surface area contributed by atoms with Gasteiger partial charge in [0.25, 0.3) is 6.43 Å².